The number of imide groups is 1. The van der Waals surface area contributed by atoms with E-state index in [1.54, 1.807) is 30.3 Å². The van der Waals surface area contributed by atoms with Gasteiger partial charge in [0.05, 0.1) is 16.8 Å². The zero-order chi connectivity index (χ0) is 16.6. The summed E-state index contributed by atoms with van der Waals surface area (Å²) in [6.07, 6.45) is 0. The van der Waals surface area contributed by atoms with Crippen molar-refractivity contribution in [2.24, 2.45) is 0 Å². The lowest BCUT2D eigenvalue weighted by Crippen LogP contribution is -2.21. The van der Waals surface area contributed by atoms with E-state index in [-0.39, 0.29) is 17.0 Å². The highest BCUT2D eigenvalue weighted by atomic mass is 16.2. The molecule has 0 spiro atoms. The molecule has 1 heterocycles. The molecule has 2 N–H and O–H groups in total. The van der Waals surface area contributed by atoms with Gasteiger partial charge in [-0.2, -0.15) is 0 Å². The number of anilines is 2. The van der Waals surface area contributed by atoms with Gasteiger partial charge in [-0.1, -0.05) is 6.07 Å². The molecular weight excluding hydrogens is 294 g/mol. The highest BCUT2D eigenvalue weighted by Gasteiger charge is 2.29. The van der Waals surface area contributed by atoms with E-state index in [4.69, 9.17) is 0 Å². The predicted molar refractivity (Wildman–Crippen MR) is 87.0 cm³/mol. The van der Waals surface area contributed by atoms with Crippen LogP contribution >= 0.6 is 0 Å². The summed E-state index contributed by atoms with van der Waals surface area (Å²) < 4.78 is 0. The van der Waals surface area contributed by atoms with Crippen LogP contribution in [0.5, 0.6) is 0 Å². The van der Waals surface area contributed by atoms with Crippen LogP contribution in [0.1, 0.15) is 31.1 Å². The van der Waals surface area contributed by atoms with Crippen molar-refractivity contribution in [1.82, 2.24) is 5.32 Å². The molecular formula is C17H15N3O3. The SMILES string of the molecule is CN(C)c1ccc(C(=O)Nc2cccc3c2C(=O)NC3=O)cc1. The third kappa shape index (κ3) is 2.66. The molecule has 0 fully saturated rings. The number of carbonyl (C=O) groups is 3. The molecule has 6 heteroatoms. The number of hydrogen-bond donors (Lipinski definition) is 2. The largest absolute Gasteiger partial charge is 0.378 e. The minimum absolute atomic E-state index is 0.204. The highest BCUT2D eigenvalue weighted by Crippen LogP contribution is 2.25. The van der Waals surface area contributed by atoms with E-state index in [1.807, 2.05) is 31.1 Å². The molecule has 0 unspecified atom stereocenters. The van der Waals surface area contributed by atoms with E-state index in [0.29, 0.717) is 11.3 Å². The standard InChI is InChI=1S/C17H15N3O3/c1-20(2)11-8-6-10(7-9-11)15(21)18-13-5-3-4-12-14(13)17(23)19-16(12)22/h3-9H,1-2H3,(H,18,21)(H,19,22,23). The van der Waals surface area contributed by atoms with Crippen LogP contribution in [0.2, 0.25) is 0 Å². The van der Waals surface area contributed by atoms with Crippen LogP contribution in [0.4, 0.5) is 11.4 Å². The van der Waals surface area contributed by atoms with Gasteiger partial charge in [-0.3, -0.25) is 19.7 Å². The van der Waals surface area contributed by atoms with Crippen LogP contribution in [0.15, 0.2) is 42.5 Å². The molecule has 6 nitrogen and oxygen atoms in total. The zero-order valence-electron chi connectivity index (χ0n) is 12.7. The first-order valence-corrected chi connectivity index (χ1v) is 7.05. The molecule has 2 aromatic carbocycles. The number of carbonyl (C=O) groups excluding carboxylic acids is 3. The normalized spacial score (nSPS) is 12.6. The van der Waals surface area contributed by atoms with Crippen LogP contribution in [0.25, 0.3) is 0 Å². The lowest BCUT2D eigenvalue weighted by Gasteiger charge is -2.13. The smallest absolute Gasteiger partial charge is 0.261 e. The van der Waals surface area contributed by atoms with Crippen LogP contribution < -0.4 is 15.5 Å². The fourth-order valence-electron chi connectivity index (χ4n) is 2.43. The minimum Gasteiger partial charge on any atom is -0.378 e. The summed E-state index contributed by atoms with van der Waals surface area (Å²) in [5.74, 6) is -1.28. The van der Waals surface area contributed by atoms with Gasteiger partial charge >= 0.3 is 0 Å². The van der Waals surface area contributed by atoms with Crippen molar-refractivity contribution in [3.63, 3.8) is 0 Å². The first kappa shape index (κ1) is 14.8. The van der Waals surface area contributed by atoms with Crippen LogP contribution in [0.3, 0.4) is 0 Å². The Kier molecular flexibility index (Phi) is 3.57. The summed E-state index contributed by atoms with van der Waals surface area (Å²) >= 11 is 0. The molecule has 0 atom stereocenters. The van der Waals surface area contributed by atoms with Crippen LogP contribution in [0, 0.1) is 0 Å². The Hall–Kier alpha value is -3.15. The van der Waals surface area contributed by atoms with Gasteiger partial charge in [-0.25, -0.2) is 0 Å². The van der Waals surface area contributed by atoms with Gasteiger partial charge in [-0.05, 0) is 36.4 Å². The van der Waals surface area contributed by atoms with Gasteiger partial charge in [-0.15, -0.1) is 0 Å². The second-order valence-electron chi connectivity index (χ2n) is 5.41. The van der Waals surface area contributed by atoms with Crippen molar-refractivity contribution in [3.05, 3.63) is 59.2 Å². The number of fused-ring (bicyclic) bond motifs is 1. The van der Waals surface area contributed by atoms with Crippen LogP contribution in [-0.4, -0.2) is 31.8 Å². The van der Waals surface area contributed by atoms with Gasteiger partial charge in [0.25, 0.3) is 17.7 Å². The van der Waals surface area contributed by atoms with Crippen molar-refractivity contribution < 1.29 is 14.4 Å². The predicted octanol–water partition coefficient (Wildman–Crippen LogP) is 1.89. The summed E-state index contributed by atoms with van der Waals surface area (Å²) in [7, 11) is 3.83. The molecule has 2 aromatic rings. The molecule has 0 aliphatic carbocycles. The average Bonchev–Trinajstić information content (AvgIpc) is 2.83. The number of amides is 3. The Morgan fingerprint density at radius 1 is 1.00 bits per heavy atom. The maximum absolute atomic E-state index is 12.3. The van der Waals surface area contributed by atoms with Gasteiger partial charge < -0.3 is 10.2 Å². The van der Waals surface area contributed by atoms with E-state index >= 15 is 0 Å². The van der Waals surface area contributed by atoms with E-state index in [2.05, 4.69) is 10.6 Å². The van der Waals surface area contributed by atoms with Gasteiger partial charge in [0.1, 0.15) is 0 Å². The highest BCUT2D eigenvalue weighted by molar-refractivity contribution is 6.25. The van der Waals surface area contributed by atoms with Crippen molar-refractivity contribution >= 4 is 29.1 Å². The Labute approximate surface area is 133 Å². The van der Waals surface area contributed by atoms with Crippen molar-refractivity contribution in [2.75, 3.05) is 24.3 Å². The van der Waals surface area contributed by atoms with Crippen LogP contribution in [-0.2, 0) is 0 Å². The molecule has 116 valence electrons. The molecule has 1 aliphatic rings. The van der Waals surface area contributed by atoms with Gasteiger partial charge in [0.2, 0.25) is 0 Å². The summed E-state index contributed by atoms with van der Waals surface area (Å²) in [6.45, 7) is 0. The van der Waals surface area contributed by atoms with Crippen molar-refractivity contribution in [3.8, 4) is 0 Å². The third-order valence-electron chi connectivity index (χ3n) is 3.66. The minimum atomic E-state index is -0.496. The average molecular weight is 309 g/mol. The second-order valence-corrected chi connectivity index (χ2v) is 5.41. The molecule has 23 heavy (non-hydrogen) atoms. The van der Waals surface area contributed by atoms with E-state index < -0.39 is 11.8 Å². The van der Waals surface area contributed by atoms with E-state index in [0.717, 1.165) is 5.69 Å². The molecule has 0 saturated heterocycles. The van der Waals surface area contributed by atoms with Crippen molar-refractivity contribution in [2.45, 2.75) is 0 Å². The number of hydrogen-bond acceptors (Lipinski definition) is 4. The lowest BCUT2D eigenvalue weighted by atomic mass is 10.1. The summed E-state index contributed by atoms with van der Waals surface area (Å²) in [4.78, 5) is 37.8. The lowest BCUT2D eigenvalue weighted by molar-refractivity contribution is 0.0879. The monoisotopic (exact) mass is 309 g/mol. The number of nitrogens with one attached hydrogen (secondary N) is 2. The Bertz CT molecular complexity index is 810. The summed E-state index contributed by atoms with van der Waals surface area (Å²) in [6, 6.07) is 11.9. The molecule has 3 rings (SSSR count). The second kappa shape index (κ2) is 5.57. The molecule has 0 aromatic heterocycles. The first-order valence-electron chi connectivity index (χ1n) is 7.05. The third-order valence-corrected chi connectivity index (χ3v) is 3.66. The first-order chi connectivity index (χ1) is 11.0. The maximum Gasteiger partial charge on any atom is 0.261 e. The molecule has 0 radical (unpaired) electrons. The molecule has 1 aliphatic heterocycles. The molecule has 3 amide bonds. The fraction of sp³-hybridized carbons (Fsp3) is 0.118. The number of rotatable bonds is 3. The van der Waals surface area contributed by atoms with E-state index in [1.165, 1.54) is 0 Å². The Morgan fingerprint density at radius 2 is 1.70 bits per heavy atom. The number of nitrogens with zero attached hydrogens (tertiary/aromatic N) is 1. The van der Waals surface area contributed by atoms with E-state index in [9.17, 15) is 14.4 Å². The maximum atomic E-state index is 12.3. The van der Waals surface area contributed by atoms with Crippen molar-refractivity contribution in [1.29, 1.82) is 0 Å². The van der Waals surface area contributed by atoms with Gasteiger partial charge in [0, 0.05) is 25.3 Å². The number of benzene rings is 2. The quantitative estimate of drug-likeness (QED) is 0.849. The molecule has 0 bridgehead atoms. The summed E-state index contributed by atoms with van der Waals surface area (Å²) in [5, 5.41) is 4.91. The topological polar surface area (TPSA) is 78.5 Å². The van der Waals surface area contributed by atoms with Gasteiger partial charge in [0.15, 0.2) is 0 Å². The zero-order valence-corrected chi connectivity index (χ0v) is 12.7. The Balaban J connectivity index is 1.87. The summed E-state index contributed by atoms with van der Waals surface area (Å²) in [5.41, 5.74) is 2.25. The Morgan fingerprint density at radius 3 is 2.35 bits per heavy atom. The fourth-order valence-corrected chi connectivity index (χ4v) is 2.43. The molecule has 0 saturated carbocycles.